The van der Waals surface area contributed by atoms with Crippen LogP contribution in [-0.4, -0.2) is 25.7 Å². The Bertz CT molecular complexity index is 519. The first-order valence-corrected chi connectivity index (χ1v) is 8.43. The van der Waals surface area contributed by atoms with Crippen molar-refractivity contribution < 1.29 is 14.3 Å². The van der Waals surface area contributed by atoms with Crippen LogP contribution in [0.15, 0.2) is 30.9 Å². The van der Waals surface area contributed by atoms with Crippen molar-refractivity contribution in [3.63, 3.8) is 0 Å². The van der Waals surface area contributed by atoms with Gasteiger partial charge in [0.05, 0.1) is 7.11 Å². The van der Waals surface area contributed by atoms with E-state index >= 15 is 0 Å². The molecule has 1 aliphatic rings. The van der Waals surface area contributed by atoms with Crippen LogP contribution in [0, 0.1) is 0 Å². The standard InChI is InChI=1S/C19H27NO3/c1-3-8-15-11-12-17(18(13-15)22-2)23-14-19(21)20-16-9-6-4-5-7-10-16/h3,11-13,16H,1,4-10,14H2,2H3,(H,20,21). The molecule has 0 aliphatic heterocycles. The van der Waals surface area contributed by atoms with E-state index in [1.165, 1.54) is 25.7 Å². The normalized spacial score (nSPS) is 15.5. The fourth-order valence-corrected chi connectivity index (χ4v) is 2.96. The number of carbonyl (C=O) groups excluding carboxylic acids is 1. The van der Waals surface area contributed by atoms with Crippen molar-refractivity contribution in [3.05, 3.63) is 36.4 Å². The Kier molecular flexibility index (Phi) is 6.98. The molecule has 1 aromatic carbocycles. The van der Waals surface area contributed by atoms with Crippen molar-refractivity contribution >= 4 is 5.91 Å². The van der Waals surface area contributed by atoms with Gasteiger partial charge in [-0.1, -0.05) is 37.8 Å². The number of hydrogen-bond donors (Lipinski definition) is 1. The second kappa shape index (κ2) is 9.23. The SMILES string of the molecule is C=CCc1ccc(OCC(=O)NC2CCCCCC2)c(OC)c1. The molecule has 0 radical (unpaired) electrons. The minimum Gasteiger partial charge on any atom is -0.493 e. The number of methoxy groups -OCH3 is 1. The number of carbonyl (C=O) groups is 1. The zero-order chi connectivity index (χ0) is 16.5. The van der Waals surface area contributed by atoms with Crippen LogP contribution in [0.2, 0.25) is 0 Å². The highest BCUT2D eigenvalue weighted by atomic mass is 16.5. The van der Waals surface area contributed by atoms with Crippen LogP contribution in [0.25, 0.3) is 0 Å². The number of rotatable bonds is 7. The molecule has 1 amide bonds. The Morgan fingerprint density at radius 3 is 2.65 bits per heavy atom. The lowest BCUT2D eigenvalue weighted by Gasteiger charge is -2.17. The zero-order valence-corrected chi connectivity index (χ0v) is 14.0. The van der Waals surface area contributed by atoms with E-state index in [0.29, 0.717) is 17.5 Å². The average Bonchev–Trinajstić information content (AvgIpc) is 2.82. The van der Waals surface area contributed by atoms with Gasteiger partial charge in [-0.25, -0.2) is 0 Å². The molecule has 4 heteroatoms. The van der Waals surface area contributed by atoms with Gasteiger partial charge in [0.2, 0.25) is 0 Å². The van der Waals surface area contributed by atoms with Crippen LogP contribution in [0.5, 0.6) is 11.5 Å². The highest BCUT2D eigenvalue weighted by Gasteiger charge is 2.15. The summed E-state index contributed by atoms with van der Waals surface area (Å²) in [6.07, 6.45) is 9.72. The van der Waals surface area contributed by atoms with Crippen molar-refractivity contribution in [2.45, 2.75) is 51.0 Å². The highest BCUT2D eigenvalue weighted by Crippen LogP contribution is 2.28. The lowest BCUT2D eigenvalue weighted by molar-refractivity contribution is -0.123. The molecular weight excluding hydrogens is 290 g/mol. The van der Waals surface area contributed by atoms with E-state index in [0.717, 1.165) is 24.8 Å². The van der Waals surface area contributed by atoms with E-state index in [4.69, 9.17) is 9.47 Å². The van der Waals surface area contributed by atoms with Gasteiger partial charge in [0.15, 0.2) is 18.1 Å². The third-order valence-corrected chi connectivity index (χ3v) is 4.19. The predicted molar refractivity (Wildman–Crippen MR) is 92.0 cm³/mol. The summed E-state index contributed by atoms with van der Waals surface area (Å²) in [4.78, 5) is 12.1. The summed E-state index contributed by atoms with van der Waals surface area (Å²) < 4.78 is 11.0. The van der Waals surface area contributed by atoms with Crippen molar-refractivity contribution in [2.75, 3.05) is 13.7 Å². The Balaban J connectivity index is 1.86. The molecule has 0 saturated heterocycles. The summed E-state index contributed by atoms with van der Waals surface area (Å²) in [5, 5.41) is 3.08. The van der Waals surface area contributed by atoms with Crippen LogP contribution < -0.4 is 14.8 Å². The third-order valence-electron chi connectivity index (χ3n) is 4.19. The summed E-state index contributed by atoms with van der Waals surface area (Å²) in [5.41, 5.74) is 1.10. The van der Waals surface area contributed by atoms with Crippen molar-refractivity contribution in [1.82, 2.24) is 5.32 Å². The van der Waals surface area contributed by atoms with Gasteiger partial charge in [-0.2, -0.15) is 0 Å². The smallest absolute Gasteiger partial charge is 0.258 e. The molecule has 0 aromatic heterocycles. The monoisotopic (exact) mass is 317 g/mol. The summed E-state index contributed by atoms with van der Waals surface area (Å²) in [7, 11) is 1.60. The largest absolute Gasteiger partial charge is 0.493 e. The second-order valence-corrected chi connectivity index (χ2v) is 6.02. The highest BCUT2D eigenvalue weighted by molar-refractivity contribution is 5.77. The fraction of sp³-hybridized carbons (Fsp3) is 0.526. The maximum Gasteiger partial charge on any atom is 0.258 e. The lowest BCUT2D eigenvalue weighted by Crippen LogP contribution is -2.37. The van der Waals surface area contributed by atoms with Crippen molar-refractivity contribution in [1.29, 1.82) is 0 Å². The first-order valence-electron chi connectivity index (χ1n) is 8.43. The number of benzene rings is 1. The van der Waals surface area contributed by atoms with E-state index < -0.39 is 0 Å². The third kappa shape index (κ3) is 5.62. The van der Waals surface area contributed by atoms with E-state index in [1.54, 1.807) is 7.11 Å². The Hall–Kier alpha value is -1.97. The summed E-state index contributed by atoms with van der Waals surface area (Å²) >= 11 is 0. The Morgan fingerprint density at radius 2 is 2.00 bits per heavy atom. The number of nitrogens with one attached hydrogen (secondary N) is 1. The Morgan fingerprint density at radius 1 is 1.26 bits per heavy atom. The summed E-state index contributed by atoms with van der Waals surface area (Å²) in [6.45, 7) is 3.75. The molecule has 1 aliphatic carbocycles. The molecule has 0 unspecified atom stereocenters. The number of hydrogen-bond acceptors (Lipinski definition) is 3. The van der Waals surface area contributed by atoms with E-state index in [1.807, 2.05) is 24.3 Å². The molecule has 23 heavy (non-hydrogen) atoms. The van der Waals surface area contributed by atoms with Gasteiger partial charge >= 0.3 is 0 Å². The molecule has 1 N–H and O–H groups in total. The van der Waals surface area contributed by atoms with Gasteiger partial charge in [0.25, 0.3) is 5.91 Å². The number of allylic oxidation sites excluding steroid dienone is 1. The molecule has 4 nitrogen and oxygen atoms in total. The summed E-state index contributed by atoms with van der Waals surface area (Å²) in [5.74, 6) is 1.18. The van der Waals surface area contributed by atoms with Crippen LogP contribution in [-0.2, 0) is 11.2 Å². The topological polar surface area (TPSA) is 47.6 Å². The average molecular weight is 317 g/mol. The molecule has 1 fully saturated rings. The van der Waals surface area contributed by atoms with Gasteiger partial charge in [-0.05, 0) is 37.0 Å². The minimum absolute atomic E-state index is 0.0215. The van der Waals surface area contributed by atoms with Crippen LogP contribution in [0.1, 0.15) is 44.1 Å². The van der Waals surface area contributed by atoms with E-state index in [2.05, 4.69) is 11.9 Å². The predicted octanol–water partition coefficient (Wildman–Crippen LogP) is 3.64. The van der Waals surface area contributed by atoms with E-state index in [9.17, 15) is 4.79 Å². The van der Waals surface area contributed by atoms with Crippen molar-refractivity contribution in [2.24, 2.45) is 0 Å². The second-order valence-electron chi connectivity index (χ2n) is 6.02. The number of amides is 1. The van der Waals surface area contributed by atoms with Gasteiger partial charge in [0, 0.05) is 6.04 Å². The molecule has 1 saturated carbocycles. The molecule has 0 spiro atoms. The first kappa shape index (κ1) is 17.4. The molecule has 2 rings (SSSR count). The van der Waals surface area contributed by atoms with Crippen LogP contribution >= 0.6 is 0 Å². The van der Waals surface area contributed by atoms with Gasteiger partial charge in [-0.15, -0.1) is 6.58 Å². The molecule has 0 bridgehead atoms. The van der Waals surface area contributed by atoms with Gasteiger partial charge in [-0.3, -0.25) is 4.79 Å². The molecular formula is C19H27NO3. The fourth-order valence-electron chi connectivity index (χ4n) is 2.96. The van der Waals surface area contributed by atoms with E-state index in [-0.39, 0.29) is 12.5 Å². The minimum atomic E-state index is -0.0610. The molecule has 0 atom stereocenters. The molecule has 0 heterocycles. The Labute approximate surface area is 138 Å². The zero-order valence-electron chi connectivity index (χ0n) is 14.0. The van der Waals surface area contributed by atoms with Crippen molar-refractivity contribution in [3.8, 4) is 11.5 Å². The maximum absolute atomic E-state index is 12.1. The quantitative estimate of drug-likeness (QED) is 0.617. The maximum atomic E-state index is 12.1. The summed E-state index contributed by atoms with van der Waals surface area (Å²) in [6, 6.07) is 6.02. The van der Waals surface area contributed by atoms with Crippen LogP contribution in [0.3, 0.4) is 0 Å². The van der Waals surface area contributed by atoms with Gasteiger partial charge < -0.3 is 14.8 Å². The van der Waals surface area contributed by atoms with Crippen LogP contribution in [0.4, 0.5) is 0 Å². The lowest BCUT2D eigenvalue weighted by atomic mass is 10.1. The molecule has 1 aromatic rings. The number of ether oxygens (including phenoxy) is 2. The first-order chi connectivity index (χ1) is 11.2. The molecule has 126 valence electrons. The van der Waals surface area contributed by atoms with Gasteiger partial charge in [0.1, 0.15) is 0 Å².